The highest BCUT2D eigenvalue weighted by molar-refractivity contribution is 5.85. The van der Waals surface area contributed by atoms with Gasteiger partial charge in [-0.25, -0.2) is 0 Å². The minimum Gasteiger partial charge on any atom is -0.393 e. The third-order valence-electron chi connectivity index (χ3n) is 3.03. The highest BCUT2D eigenvalue weighted by Gasteiger charge is 2.23. The molecule has 2 unspecified atom stereocenters. The molecular weight excluding hydrogens is 276 g/mol. The SMILES string of the molecule is CC(O)CC(C)(C)CNC(=O)C(N)c1ccccc1.Cl. The van der Waals surface area contributed by atoms with Crippen LogP contribution in [-0.2, 0) is 4.79 Å². The van der Waals surface area contributed by atoms with E-state index in [1.54, 1.807) is 6.92 Å². The lowest BCUT2D eigenvalue weighted by atomic mass is 9.87. The van der Waals surface area contributed by atoms with Crippen LogP contribution in [0.4, 0.5) is 0 Å². The predicted octanol–water partition coefficient (Wildman–Crippen LogP) is 2.02. The zero-order chi connectivity index (χ0) is 14.5. The van der Waals surface area contributed by atoms with E-state index in [4.69, 9.17) is 5.73 Å². The first-order valence-corrected chi connectivity index (χ1v) is 6.58. The van der Waals surface area contributed by atoms with E-state index in [2.05, 4.69) is 5.32 Å². The van der Waals surface area contributed by atoms with Crippen molar-refractivity contribution in [3.8, 4) is 0 Å². The third-order valence-corrected chi connectivity index (χ3v) is 3.03. The number of hydrogen-bond donors (Lipinski definition) is 3. The Hall–Kier alpha value is -1.10. The number of rotatable bonds is 6. The lowest BCUT2D eigenvalue weighted by Gasteiger charge is -2.27. The van der Waals surface area contributed by atoms with Gasteiger partial charge in [0.15, 0.2) is 0 Å². The molecule has 4 nitrogen and oxygen atoms in total. The van der Waals surface area contributed by atoms with Gasteiger partial charge < -0.3 is 16.2 Å². The van der Waals surface area contributed by atoms with E-state index in [1.807, 2.05) is 44.2 Å². The minimum atomic E-state index is -0.649. The molecule has 0 bridgehead atoms. The molecule has 0 heterocycles. The number of amides is 1. The fourth-order valence-electron chi connectivity index (χ4n) is 2.12. The summed E-state index contributed by atoms with van der Waals surface area (Å²) in [4.78, 5) is 12.0. The summed E-state index contributed by atoms with van der Waals surface area (Å²) in [7, 11) is 0. The van der Waals surface area contributed by atoms with Gasteiger partial charge in [0.05, 0.1) is 6.10 Å². The second kappa shape index (κ2) is 8.25. The molecule has 4 N–H and O–H groups in total. The topological polar surface area (TPSA) is 75.3 Å². The molecule has 0 saturated carbocycles. The van der Waals surface area contributed by atoms with Crippen LogP contribution in [0.2, 0.25) is 0 Å². The molecule has 1 aromatic rings. The molecule has 0 radical (unpaired) electrons. The number of halogens is 1. The molecule has 1 rings (SSSR count). The third kappa shape index (κ3) is 6.37. The van der Waals surface area contributed by atoms with E-state index >= 15 is 0 Å². The van der Waals surface area contributed by atoms with Crippen molar-refractivity contribution in [2.75, 3.05) is 6.54 Å². The largest absolute Gasteiger partial charge is 0.393 e. The first kappa shape index (κ1) is 18.9. The molecule has 2 atom stereocenters. The number of benzene rings is 1. The van der Waals surface area contributed by atoms with Crippen molar-refractivity contribution in [3.63, 3.8) is 0 Å². The summed E-state index contributed by atoms with van der Waals surface area (Å²) >= 11 is 0. The van der Waals surface area contributed by atoms with Gasteiger partial charge in [0.1, 0.15) is 6.04 Å². The van der Waals surface area contributed by atoms with Gasteiger partial charge in [0.25, 0.3) is 0 Å². The summed E-state index contributed by atoms with van der Waals surface area (Å²) in [6.45, 7) is 6.26. The van der Waals surface area contributed by atoms with Crippen LogP contribution in [0.1, 0.15) is 38.8 Å². The summed E-state index contributed by atoms with van der Waals surface area (Å²) in [5.41, 5.74) is 6.55. The number of hydrogen-bond acceptors (Lipinski definition) is 3. The smallest absolute Gasteiger partial charge is 0.241 e. The van der Waals surface area contributed by atoms with Crippen LogP contribution < -0.4 is 11.1 Å². The van der Waals surface area contributed by atoms with E-state index in [9.17, 15) is 9.90 Å². The maximum atomic E-state index is 12.0. The molecule has 0 spiro atoms. The fourth-order valence-corrected chi connectivity index (χ4v) is 2.12. The molecule has 1 amide bonds. The van der Waals surface area contributed by atoms with Gasteiger partial charge in [-0.3, -0.25) is 4.79 Å². The first-order chi connectivity index (χ1) is 8.82. The number of nitrogens with one attached hydrogen (secondary N) is 1. The van der Waals surface area contributed by atoms with Crippen LogP contribution in [-0.4, -0.2) is 23.7 Å². The summed E-state index contributed by atoms with van der Waals surface area (Å²) in [5.74, 6) is -0.190. The molecule has 1 aromatic carbocycles. The molecule has 20 heavy (non-hydrogen) atoms. The molecule has 0 aliphatic carbocycles. The van der Waals surface area contributed by atoms with Gasteiger partial charge in [-0.1, -0.05) is 44.2 Å². The number of carbonyl (C=O) groups is 1. The summed E-state index contributed by atoms with van der Waals surface area (Å²) < 4.78 is 0. The maximum Gasteiger partial charge on any atom is 0.241 e. The molecule has 0 fully saturated rings. The van der Waals surface area contributed by atoms with Crippen molar-refractivity contribution in [1.29, 1.82) is 0 Å². The normalized spacial score (nSPS) is 14.1. The zero-order valence-electron chi connectivity index (χ0n) is 12.3. The summed E-state index contributed by atoms with van der Waals surface area (Å²) in [5, 5.41) is 12.3. The lowest BCUT2D eigenvalue weighted by molar-refractivity contribution is -0.123. The number of carbonyl (C=O) groups excluding carboxylic acids is 1. The van der Waals surface area contributed by atoms with Gasteiger partial charge >= 0.3 is 0 Å². The molecule has 114 valence electrons. The Bertz CT molecular complexity index is 408. The zero-order valence-corrected chi connectivity index (χ0v) is 13.1. The molecule has 0 aliphatic rings. The maximum absolute atomic E-state index is 12.0. The Kier molecular flexibility index (Phi) is 7.79. The quantitative estimate of drug-likeness (QED) is 0.752. The predicted molar refractivity (Wildman–Crippen MR) is 83.7 cm³/mol. The Morgan fingerprint density at radius 2 is 1.90 bits per heavy atom. The summed E-state index contributed by atoms with van der Waals surface area (Å²) in [6, 6.07) is 8.64. The Labute approximate surface area is 127 Å². The van der Waals surface area contributed by atoms with Crippen molar-refractivity contribution < 1.29 is 9.90 Å². The van der Waals surface area contributed by atoms with Gasteiger partial charge in [0, 0.05) is 6.54 Å². The van der Waals surface area contributed by atoms with E-state index < -0.39 is 6.04 Å². The molecule has 0 saturated heterocycles. The lowest BCUT2D eigenvalue weighted by Crippen LogP contribution is -2.40. The van der Waals surface area contributed by atoms with Gasteiger partial charge in [-0.15, -0.1) is 12.4 Å². The first-order valence-electron chi connectivity index (χ1n) is 6.58. The van der Waals surface area contributed by atoms with E-state index in [0.29, 0.717) is 13.0 Å². The van der Waals surface area contributed by atoms with Crippen molar-refractivity contribution in [3.05, 3.63) is 35.9 Å². The fraction of sp³-hybridized carbons (Fsp3) is 0.533. The average molecular weight is 301 g/mol. The van der Waals surface area contributed by atoms with Crippen LogP contribution in [0.3, 0.4) is 0 Å². The van der Waals surface area contributed by atoms with Gasteiger partial charge in [0.2, 0.25) is 5.91 Å². The standard InChI is InChI=1S/C15H24N2O2.ClH/c1-11(18)9-15(2,3)10-17-14(19)13(16)12-7-5-4-6-8-12;/h4-8,11,13,18H,9-10,16H2,1-3H3,(H,17,19);1H. The van der Waals surface area contributed by atoms with Gasteiger partial charge in [-0.05, 0) is 24.3 Å². The van der Waals surface area contributed by atoms with E-state index in [1.165, 1.54) is 0 Å². The van der Waals surface area contributed by atoms with Crippen molar-refractivity contribution in [1.82, 2.24) is 5.32 Å². The second-order valence-electron chi connectivity index (χ2n) is 5.82. The summed E-state index contributed by atoms with van der Waals surface area (Å²) in [6.07, 6.45) is 0.253. The Morgan fingerprint density at radius 1 is 1.35 bits per heavy atom. The monoisotopic (exact) mass is 300 g/mol. The van der Waals surface area contributed by atoms with Crippen molar-refractivity contribution >= 4 is 18.3 Å². The molecular formula is C15H25ClN2O2. The molecule has 0 aliphatic heterocycles. The van der Waals surface area contributed by atoms with E-state index in [-0.39, 0.29) is 29.8 Å². The highest BCUT2D eigenvalue weighted by Crippen LogP contribution is 2.21. The van der Waals surface area contributed by atoms with E-state index in [0.717, 1.165) is 5.56 Å². The number of nitrogens with two attached hydrogens (primary N) is 1. The molecule has 5 heteroatoms. The van der Waals surface area contributed by atoms with Crippen LogP contribution in [0, 0.1) is 5.41 Å². The van der Waals surface area contributed by atoms with Crippen LogP contribution in [0.25, 0.3) is 0 Å². The average Bonchev–Trinajstić information content (AvgIpc) is 2.34. The van der Waals surface area contributed by atoms with Gasteiger partial charge in [-0.2, -0.15) is 0 Å². The molecule has 0 aromatic heterocycles. The minimum absolute atomic E-state index is 0. The number of aliphatic hydroxyl groups excluding tert-OH is 1. The Morgan fingerprint density at radius 3 is 2.40 bits per heavy atom. The van der Waals surface area contributed by atoms with Crippen molar-refractivity contribution in [2.24, 2.45) is 11.1 Å². The van der Waals surface area contributed by atoms with Crippen LogP contribution in [0.15, 0.2) is 30.3 Å². The van der Waals surface area contributed by atoms with Crippen LogP contribution >= 0.6 is 12.4 Å². The number of aliphatic hydroxyl groups is 1. The van der Waals surface area contributed by atoms with Crippen molar-refractivity contribution in [2.45, 2.75) is 39.3 Å². The second-order valence-corrected chi connectivity index (χ2v) is 5.82. The van der Waals surface area contributed by atoms with Crippen LogP contribution in [0.5, 0.6) is 0 Å². The Balaban J connectivity index is 0.00000361. The highest BCUT2D eigenvalue weighted by atomic mass is 35.5.